The summed E-state index contributed by atoms with van der Waals surface area (Å²) in [7, 11) is 0.218. The van der Waals surface area contributed by atoms with E-state index in [1.165, 1.54) is 6.26 Å². The molecule has 0 fully saturated rings. The van der Waals surface area contributed by atoms with E-state index in [0.717, 1.165) is 17.1 Å². The maximum atomic E-state index is 11.3. The molecule has 114 valence electrons. The quantitative estimate of drug-likeness (QED) is 0.832. The van der Waals surface area contributed by atoms with Gasteiger partial charge in [0.1, 0.15) is 21.3 Å². The molecule has 0 aliphatic carbocycles. The van der Waals surface area contributed by atoms with Gasteiger partial charge in [0.15, 0.2) is 0 Å². The molecule has 5 nitrogen and oxygen atoms in total. The Bertz CT molecular complexity index is 542. The maximum Gasteiger partial charge on any atom is 0.148 e. The molecule has 0 radical (unpaired) electrons. The number of ether oxygens (including phenoxy) is 2. The number of nitrogens with one attached hydrogen (secondary N) is 1. The molecule has 1 N–H and O–H groups in total. The van der Waals surface area contributed by atoms with Crippen molar-refractivity contribution < 1.29 is 17.9 Å². The van der Waals surface area contributed by atoms with Crippen LogP contribution in [0, 0.1) is 0 Å². The molecule has 2 atom stereocenters. The van der Waals surface area contributed by atoms with Crippen LogP contribution in [-0.4, -0.2) is 40.7 Å². The number of hydrogen-bond acceptors (Lipinski definition) is 5. The Balaban J connectivity index is 2.88. The second-order valence-electron chi connectivity index (χ2n) is 4.99. The number of hydrogen-bond donors (Lipinski definition) is 1. The summed E-state index contributed by atoms with van der Waals surface area (Å²) >= 11 is 0. The Morgan fingerprint density at radius 3 is 2.35 bits per heavy atom. The molecule has 0 amide bonds. The standard InChI is InChI=1S/C14H23NO4S/c1-10(9-20(5,16)17)15-11(2)13-8-12(18-3)6-7-14(13)19-4/h6-8,10-11,15H,9H2,1-5H3. The normalized spacial score (nSPS) is 14.7. The highest BCUT2D eigenvalue weighted by atomic mass is 32.2. The lowest BCUT2D eigenvalue weighted by atomic mass is 10.1. The van der Waals surface area contributed by atoms with Crippen LogP contribution in [0.4, 0.5) is 0 Å². The number of rotatable bonds is 7. The minimum Gasteiger partial charge on any atom is -0.497 e. The van der Waals surface area contributed by atoms with E-state index < -0.39 is 9.84 Å². The Hall–Kier alpha value is -1.27. The molecule has 0 aliphatic rings. The van der Waals surface area contributed by atoms with Gasteiger partial charge >= 0.3 is 0 Å². The highest BCUT2D eigenvalue weighted by molar-refractivity contribution is 7.90. The minimum absolute atomic E-state index is 0.0446. The fourth-order valence-corrected chi connectivity index (χ4v) is 3.20. The predicted molar refractivity (Wildman–Crippen MR) is 80.3 cm³/mol. The van der Waals surface area contributed by atoms with Crippen LogP contribution in [-0.2, 0) is 9.84 Å². The molecule has 0 aliphatic heterocycles. The van der Waals surface area contributed by atoms with Crippen molar-refractivity contribution in [1.82, 2.24) is 5.32 Å². The third-order valence-corrected chi connectivity index (χ3v) is 4.10. The van der Waals surface area contributed by atoms with Gasteiger partial charge in [-0.25, -0.2) is 8.42 Å². The van der Waals surface area contributed by atoms with Gasteiger partial charge in [0, 0.05) is 23.9 Å². The summed E-state index contributed by atoms with van der Waals surface area (Å²) in [4.78, 5) is 0. The van der Waals surface area contributed by atoms with Gasteiger partial charge in [0.05, 0.1) is 20.0 Å². The second-order valence-corrected chi connectivity index (χ2v) is 7.17. The van der Waals surface area contributed by atoms with Crippen LogP contribution in [0.1, 0.15) is 25.5 Å². The molecule has 1 aromatic rings. The van der Waals surface area contributed by atoms with Crippen LogP contribution in [0.5, 0.6) is 11.5 Å². The first-order valence-electron chi connectivity index (χ1n) is 6.42. The van der Waals surface area contributed by atoms with E-state index in [1.807, 2.05) is 32.0 Å². The largest absolute Gasteiger partial charge is 0.497 e. The first kappa shape index (κ1) is 16.8. The lowest BCUT2D eigenvalue weighted by Gasteiger charge is -2.22. The molecule has 0 heterocycles. The molecule has 2 unspecified atom stereocenters. The summed E-state index contributed by atoms with van der Waals surface area (Å²) in [5, 5.41) is 3.26. The zero-order chi connectivity index (χ0) is 15.3. The molecule has 1 rings (SSSR count). The summed E-state index contributed by atoms with van der Waals surface area (Å²) in [5.41, 5.74) is 0.937. The van der Waals surface area contributed by atoms with Gasteiger partial charge in [0.25, 0.3) is 0 Å². The van der Waals surface area contributed by atoms with Gasteiger partial charge in [0.2, 0.25) is 0 Å². The molecule has 0 aromatic heterocycles. The van der Waals surface area contributed by atoms with Crippen molar-refractivity contribution in [1.29, 1.82) is 0 Å². The van der Waals surface area contributed by atoms with E-state index >= 15 is 0 Å². The van der Waals surface area contributed by atoms with E-state index in [2.05, 4.69) is 5.32 Å². The van der Waals surface area contributed by atoms with E-state index in [4.69, 9.17) is 9.47 Å². The smallest absolute Gasteiger partial charge is 0.148 e. The van der Waals surface area contributed by atoms with E-state index in [9.17, 15) is 8.42 Å². The summed E-state index contributed by atoms with van der Waals surface area (Å²) in [5.74, 6) is 1.59. The van der Waals surface area contributed by atoms with Crippen molar-refractivity contribution in [3.05, 3.63) is 23.8 Å². The summed E-state index contributed by atoms with van der Waals surface area (Å²) < 4.78 is 33.1. The molecule has 6 heteroatoms. The Labute approximate surface area is 121 Å². The van der Waals surface area contributed by atoms with Crippen molar-refractivity contribution in [2.45, 2.75) is 25.9 Å². The number of benzene rings is 1. The lowest BCUT2D eigenvalue weighted by molar-refractivity contribution is 0.388. The first-order valence-corrected chi connectivity index (χ1v) is 8.48. The number of methoxy groups -OCH3 is 2. The van der Waals surface area contributed by atoms with Crippen molar-refractivity contribution in [3.8, 4) is 11.5 Å². The van der Waals surface area contributed by atoms with Gasteiger partial charge in [-0.1, -0.05) is 0 Å². The zero-order valence-corrected chi connectivity index (χ0v) is 13.5. The van der Waals surface area contributed by atoms with Crippen LogP contribution in [0.15, 0.2) is 18.2 Å². The molecule has 0 bridgehead atoms. The van der Waals surface area contributed by atoms with Crippen molar-refractivity contribution in [2.24, 2.45) is 0 Å². The van der Waals surface area contributed by atoms with Gasteiger partial charge < -0.3 is 14.8 Å². The maximum absolute atomic E-state index is 11.3. The van der Waals surface area contributed by atoms with Crippen molar-refractivity contribution in [2.75, 3.05) is 26.2 Å². The lowest BCUT2D eigenvalue weighted by Crippen LogP contribution is -2.34. The van der Waals surface area contributed by atoms with E-state index in [-0.39, 0.29) is 17.8 Å². The zero-order valence-electron chi connectivity index (χ0n) is 12.6. The fraction of sp³-hybridized carbons (Fsp3) is 0.571. The number of sulfone groups is 1. The monoisotopic (exact) mass is 301 g/mol. The average molecular weight is 301 g/mol. The molecule has 0 saturated carbocycles. The summed E-state index contributed by atoms with van der Waals surface area (Å²) in [6.45, 7) is 3.82. The highest BCUT2D eigenvalue weighted by Gasteiger charge is 2.17. The molecule has 1 aromatic carbocycles. The van der Waals surface area contributed by atoms with Crippen LogP contribution < -0.4 is 14.8 Å². The van der Waals surface area contributed by atoms with Crippen LogP contribution in [0.25, 0.3) is 0 Å². The van der Waals surface area contributed by atoms with Crippen LogP contribution in [0.3, 0.4) is 0 Å². The molecular weight excluding hydrogens is 278 g/mol. The van der Waals surface area contributed by atoms with Gasteiger partial charge in [-0.15, -0.1) is 0 Å². The SMILES string of the molecule is COc1ccc(OC)c(C(C)NC(C)CS(C)(=O)=O)c1. The molecule has 0 spiro atoms. The molecule has 20 heavy (non-hydrogen) atoms. The van der Waals surface area contributed by atoms with Gasteiger partial charge in [-0.3, -0.25) is 0 Å². The predicted octanol–water partition coefficient (Wildman–Crippen LogP) is 1.79. The summed E-state index contributed by atoms with van der Waals surface area (Å²) in [6.07, 6.45) is 1.24. The van der Waals surface area contributed by atoms with Gasteiger partial charge in [-0.2, -0.15) is 0 Å². The minimum atomic E-state index is -3.00. The highest BCUT2D eigenvalue weighted by Crippen LogP contribution is 2.29. The van der Waals surface area contributed by atoms with Crippen molar-refractivity contribution >= 4 is 9.84 Å². The fourth-order valence-electron chi connectivity index (χ4n) is 2.20. The van der Waals surface area contributed by atoms with E-state index in [0.29, 0.717) is 0 Å². The first-order chi connectivity index (χ1) is 9.26. The van der Waals surface area contributed by atoms with Crippen LogP contribution in [0.2, 0.25) is 0 Å². The van der Waals surface area contributed by atoms with Crippen LogP contribution >= 0.6 is 0 Å². The molecular formula is C14H23NO4S. The topological polar surface area (TPSA) is 64.6 Å². The van der Waals surface area contributed by atoms with Gasteiger partial charge in [-0.05, 0) is 32.0 Å². The van der Waals surface area contributed by atoms with Crippen molar-refractivity contribution in [3.63, 3.8) is 0 Å². The molecule has 0 saturated heterocycles. The Morgan fingerprint density at radius 1 is 1.20 bits per heavy atom. The Kier molecular flexibility index (Phi) is 5.83. The Morgan fingerprint density at radius 2 is 1.85 bits per heavy atom. The third-order valence-electron chi connectivity index (χ3n) is 2.99. The third kappa shape index (κ3) is 5.02. The van der Waals surface area contributed by atoms with E-state index in [1.54, 1.807) is 14.2 Å². The summed E-state index contributed by atoms with van der Waals surface area (Å²) in [6, 6.07) is 5.37. The average Bonchev–Trinajstić information content (AvgIpc) is 2.35. The second kappa shape index (κ2) is 6.95.